The van der Waals surface area contributed by atoms with Crippen molar-refractivity contribution >= 4 is 41.4 Å². The van der Waals surface area contributed by atoms with E-state index < -0.39 is 77.8 Å². The zero-order valence-corrected chi connectivity index (χ0v) is 33.9. The average molecular weight is 845 g/mol. The largest absolute Gasteiger partial charge is 0.508 e. The third kappa shape index (κ3) is 14.5. The minimum atomic E-state index is -1.35. The lowest BCUT2D eigenvalue weighted by molar-refractivity contribution is -0.142. The molecule has 3 aromatic rings. The first-order chi connectivity index (χ1) is 29.0. The Kier molecular flexibility index (Phi) is 17.4. The van der Waals surface area contributed by atoms with Gasteiger partial charge in [-0.3, -0.25) is 33.8 Å². The fraction of sp³-hybridized carbons (Fsp3) is 0.405. The van der Waals surface area contributed by atoms with Crippen LogP contribution in [0.2, 0.25) is 0 Å². The summed E-state index contributed by atoms with van der Waals surface area (Å²) in [5.41, 5.74) is 24.1. The van der Waals surface area contributed by atoms with Gasteiger partial charge in [-0.25, -0.2) is 0 Å². The summed E-state index contributed by atoms with van der Waals surface area (Å²) < 4.78 is 0. The van der Waals surface area contributed by atoms with Crippen LogP contribution in [0.1, 0.15) is 49.3 Å². The highest BCUT2D eigenvalue weighted by atomic mass is 16.3. The lowest BCUT2D eigenvalue weighted by Crippen LogP contribution is -2.60. The minimum Gasteiger partial charge on any atom is -0.508 e. The summed E-state index contributed by atoms with van der Waals surface area (Å²) in [6.45, 7) is 1.65. The van der Waals surface area contributed by atoms with Crippen LogP contribution in [0.25, 0.3) is 0 Å². The van der Waals surface area contributed by atoms with Crippen molar-refractivity contribution < 1.29 is 44.1 Å². The molecule has 0 bridgehead atoms. The molecule has 15 N–H and O–H groups in total. The number of amides is 6. The van der Waals surface area contributed by atoms with Gasteiger partial charge in [-0.15, -0.1) is 0 Å². The highest BCUT2D eigenvalue weighted by Gasteiger charge is 2.40. The fourth-order valence-electron chi connectivity index (χ4n) is 6.80. The topological polar surface area (TPSA) is 331 Å². The van der Waals surface area contributed by atoms with Gasteiger partial charge in [-0.05, 0) is 73.6 Å². The van der Waals surface area contributed by atoms with Crippen molar-refractivity contribution in [3.63, 3.8) is 0 Å². The van der Waals surface area contributed by atoms with Gasteiger partial charge in [0.2, 0.25) is 35.4 Å². The summed E-state index contributed by atoms with van der Waals surface area (Å²) in [6.07, 6.45) is -0.316. The molecule has 3 aromatic carbocycles. The molecule has 1 heterocycles. The molecule has 0 spiro atoms. The van der Waals surface area contributed by atoms with E-state index in [1.165, 1.54) is 36.1 Å². The molecule has 0 radical (unpaired) electrons. The number of rotatable bonds is 21. The highest BCUT2D eigenvalue weighted by molar-refractivity contribution is 5.97. The van der Waals surface area contributed by atoms with Crippen LogP contribution in [-0.2, 0) is 48.0 Å². The molecule has 0 saturated carbocycles. The number of benzene rings is 3. The molecular formula is C42H56N10O9. The smallest absolute Gasteiger partial charge is 0.246 e. The Balaban J connectivity index is 1.59. The minimum absolute atomic E-state index is 0.00443. The molecule has 1 fully saturated rings. The number of carbonyl (C=O) groups is 6. The molecule has 0 aliphatic carbocycles. The van der Waals surface area contributed by atoms with Crippen molar-refractivity contribution in [1.29, 1.82) is 0 Å². The number of nitrogens with one attached hydrogen (secondary N) is 4. The van der Waals surface area contributed by atoms with Crippen molar-refractivity contribution in [3.8, 4) is 11.5 Å². The van der Waals surface area contributed by atoms with Gasteiger partial charge >= 0.3 is 0 Å². The van der Waals surface area contributed by atoms with E-state index in [-0.39, 0.29) is 62.7 Å². The summed E-state index contributed by atoms with van der Waals surface area (Å²) in [7, 11) is 0. The molecule has 1 aliphatic heterocycles. The Bertz CT molecular complexity index is 1990. The highest BCUT2D eigenvalue weighted by Crippen LogP contribution is 2.22. The van der Waals surface area contributed by atoms with Gasteiger partial charge in [-0.1, -0.05) is 54.6 Å². The van der Waals surface area contributed by atoms with Crippen LogP contribution in [0.3, 0.4) is 0 Å². The fourth-order valence-corrected chi connectivity index (χ4v) is 6.80. The number of likely N-dealkylation sites (tertiary alicyclic amines) is 1. The second-order valence-electron chi connectivity index (χ2n) is 15.0. The van der Waals surface area contributed by atoms with Gasteiger partial charge in [0.1, 0.15) is 47.8 Å². The number of carbonyl (C=O) groups excluding carboxylic acids is 6. The standard InChI is InChI=1S/C42H56N10O9/c1-24(53)35(43)40(60)51-33(23-27-13-17-29(55)18-14-27)41(61)52-20-6-10-34(52)39(59)50-32(22-26-11-15-28(54)16-12-26)38(58)49-31(21-25-7-3-2-4-8-25)37(57)48-30(36(44)56)9-5-19-47-42(45)46/h2-4,7-8,11-18,24,30-35,53-55H,5-6,9-10,19-23,43H2,1H3,(H2,44,56)(H,48,57)(H,49,58)(H,50,59)(H,51,60)(H4,45,46,47)/t24-,30+,31+,32+,33+,34+,35+/m1/s1. The van der Waals surface area contributed by atoms with E-state index in [0.29, 0.717) is 29.5 Å². The SMILES string of the molecule is C[C@@H](O)[C@H](N)C(=O)N[C@@H](Cc1ccc(O)cc1)C(=O)N1CCC[C@H]1C(=O)N[C@@H](Cc1ccc(O)cc1)C(=O)N[C@@H](Cc1ccccc1)C(=O)N[C@@H](CCCN=C(N)N)C(N)=O. The van der Waals surface area contributed by atoms with Crippen molar-refractivity contribution in [2.24, 2.45) is 27.9 Å². The van der Waals surface area contributed by atoms with Crippen LogP contribution in [0.5, 0.6) is 11.5 Å². The third-order valence-electron chi connectivity index (χ3n) is 10.2. The van der Waals surface area contributed by atoms with Gasteiger partial charge in [0.05, 0.1) is 6.10 Å². The van der Waals surface area contributed by atoms with Gasteiger partial charge in [-0.2, -0.15) is 0 Å². The Morgan fingerprint density at radius 3 is 1.72 bits per heavy atom. The molecule has 19 nitrogen and oxygen atoms in total. The van der Waals surface area contributed by atoms with Crippen LogP contribution in [-0.4, -0.2) is 117 Å². The number of phenols is 2. The predicted molar refractivity (Wildman–Crippen MR) is 225 cm³/mol. The van der Waals surface area contributed by atoms with Crippen LogP contribution in [0, 0.1) is 0 Å². The number of nitrogens with two attached hydrogens (primary N) is 4. The number of phenolic OH excluding ortho intramolecular Hbond substituents is 2. The first-order valence-electron chi connectivity index (χ1n) is 19.9. The molecule has 61 heavy (non-hydrogen) atoms. The number of hydrogen-bond donors (Lipinski definition) is 11. The second-order valence-corrected chi connectivity index (χ2v) is 15.0. The van der Waals surface area contributed by atoms with Crippen molar-refractivity contribution in [2.45, 2.75) is 94.2 Å². The first kappa shape index (κ1) is 47.0. The van der Waals surface area contributed by atoms with E-state index in [2.05, 4.69) is 26.3 Å². The van der Waals surface area contributed by atoms with Crippen LogP contribution >= 0.6 is 0 Å². The Morgan fingerprint density at radius 2 is 1.20 bits per heavy atom. The number of aliphatic imine (C=N–C) groups is 1. The molecule has 6 amide bonds. The van der Waals surface area contributed by atoms with Crippen molar-refractivity contribution in [3.05, 3.63) is 95.6 Å². The zero-order valence-electron chi connectivity index (χ0n) is 33.9. The van der Waals surface area contributed by atoms with E-state index in [9.17, 15) is 44.1 Å². The van der Waals surface area contributed by atoms with Gasteiger partial charge in [0.15, 0.2) is 5.96 Å². The van der Waals surface area contributed by atoms with E-state index in [0.717, 1.165) is 0 Å². The molecule has 328 valence electrons. The monoisotopic (exact) mass is 844 g/mol. The zero-order chi connectivity index (χ0) is 44.6. The number of guanidine groups is 1. The van der Waals surface area contributed by atoms with E-state index in [1.807, 2.05) is 0 Å². The van der Waals surface area contributed by atoms with Crippen molar-refractivity contribution in [1.82, 2.24) is 26.2 Å². The summed E-state index contributed by atoms with van der Waals surface area (Å²) in [4.78, 5) is 87.1. The van der Waals surface area contributed by atoms with Gasteiger partial charge in [0.25, 0.3) is 0 Å². The Morgan fingerprint density at radius 1 is 0.705 bits per heavy atom. The van der Waals surface area contributed by atoms with Crippen molar-refractivity contribution in [2.75, 3.05) is 13.1 Å². The molecule has 1 saturated heterocycles. The number of aliphatic hydroxyl groups excluding tert-OH is 1. The maximum absolute atomic E-state index is 14.3. The molecule has 0 aromatic heterocycles. The van der Waals surface area contributed by atoms with E-state index in [4.69, 9.17) is 22.9 Å². The molecule has 19 heteroatoms. The molecular weight excluding hydrogens is 789 g/mol. The van der Waals surface area contributed by atoms with Gasteiger partial charge in [0, 0.05) is 32.4 Å². The van der Waals surface area contributed by atoms with E-state index in [1.54, 1.807) is 54.6 Å². The first-order valence-corrected chi connectivity index (χ1v) is 19.9. The molecule has 1 aliphatic rings. The number of aromatic hydroxyl groups is 2. The predicted octanol–water partition coefficient (Wildman–Crippen LogP) is -1.70. The summed E-state index contributed by atoms with van der Waals surface area (Å²) in [5.74, 6) is -4.55. The van der Waals surface area contributed by atoms with E-state index >= 15 is 0 Å². The Labute approximate surface area is 353 Å². The molecule has 4 rings (SSSR count). The van der Waals surface area contributed by atoms with Gasteiger partial charge < -0.3 is 64.4 Å². The molecule has 7 atom stereocenters. The second kappa shape index (κ2) is 22.6. The summed E-state index contributed by atoms with van der Waals surface area (Å²) in [6, 6.07) is 13.4. The lowest BCUT2D eigenvalue weighted by atomic mass is 10.0. The quantitative estimate of drug-likeness (QED) is 0.0325. The normalized spacial score (nSPS) is 16.4. The number of nitrogens with zero attached hydrogens (tertiary/aromatic N) is 2. The summed E-state index contributed by atoms with van der Waals surface area (Å²) in [5, 5.41) is 40.4. The number of primary amides is 1. The summed E-state index contributed by atoms with van der Waals surface area (Å²) >= 11 is 0. The maximum atomic E-state index is 14.3. The number of aliphatic hydroxyl groups is 1. The maximum Gasteiger partial charge on any atom is 0.246 e. The molecule has 0 unspecified atom stereocenters. The van der Waals surface area contributed by atoms with Crippen LogP contribution in [0.15, 0.2) is 83.9 Å². The average Bonchev–Trinajstić information content (AvgIpc) is 3.72. The third-order valence-corrected chi connectivity index (χ3v) is 10.2. The lowest BCUT2D eigenvalue weighted by Gasteiger charge is -2.31. The van der Waals surface area contributed by atoms with Crippen LogP contribution < -0.4 is 44.2 Å². The van der Waals surface area contributed by atoms with Crippen LogP contribution in [0.4, 0.5) is 0 Å². The number of hydrogen-bond acceptors (Lipinski definition) is 11. The Hall–Kier alpha value is -6.73.